The first-order valence-electron chi connectivity index (χ1n) is 9.37. The number of anilines is 2. The minimum absolute atomic E-state index is 0.681. The van der Waals surface area contributed by atoms with Crippen LogP contribution in [0.5, 0.6) is 0 Å². The molecule has 0 bridgehead atoms. The van der Waals surface area contributed by atoms with Crippen molar-refractivity contribution >= 4 is 39.9 Å². The van der Waals surface area contributed by atoms with Crippen molar-refractivity contribution in [2.45, 2.75) is 13.8 Å². The molecule has 0 saturated heterocycles. The van der Waals surface area contributed by atoms with E-state index in [0.717, 1.165) is 39.5 Å². The van der Waals surface area contributed by atoms with Crippen LogP contribution >= 0.6 is 11.6 Å². The number of halogens is 1. The second-order valence-electron chi connectivity index (χ2n) is 6.67. The van der Waals surface area contributed by atoms with Gasteiger partial charge in [0.1, 0.15) is 0 Å². The van der Waals surface area contributed by atoms with Crippen molar-refractivity contribution in [3.8, 4) is 0 Å². The lowest BCUT2D eigenvalue weighted by atomic mass is 10.0. The Morgan fingerprint density at radius 1 is 1.03 bits per heavy atom. The number of nitrogens with one attached hydrogen (secondary N) is 1. The standard InChI is InChI=1S/C26H23ClN2/c1-4-10-22(21-11-6-5-7-12-21)17-20(3)28-26-18-23(16-15-19(26)2)29-25-14-9-8-13-24(25)27/h5-18,29H,1H2,2-3H3/b22-17+,28-20+. The van der Waals surface area contributed by atoms with Gasteiger partial charge in [0.25, 0.3) is 0 Å². The Morgan fingerprint density at radius 3 is 2.48 bits per heavy atom. The van der Waals surface area contributed by atoms with Crippen LogP contribution in [-0.4, -0.2) is 5.71 Å². The summed E-state index contributed by atoms with van der Waals surface area (Å²) in [6.07, 6.45) is 3.91. The van der Waals surface area contributed by atoms with Crippen molar-refractivity contribution in [3.05, 3.63) is 113 Å². The van der Waals surface area contributed by atoms with E-state index in [1.165, 1.54) is 0 Å². The van der Waals surface area contributed by atoms with Gasteiger partial charge in [-0.15, -0.1) is 5.73 Å². The molecule has 2 nitrogen and oxygen atoms in total. The number of aryl methyl sites for hydroxylation is 1. The molecule has 0 radical (unpaired) electrons. The molecule has 0 aliphatic rings. The van der Waals surface area contributed by atoms with E-state index in [1.54, 1.807) is 0 Å². The van der Waals surface area contributed by atoms with Crippen LogP contribution in [0.25, 0.3) is 5.57 Å². The van der Waals surface area contributed by atoms with Crippen LogP contribution in [0.2, 0.25) is 5.02 Å². The van der Waals surface area contributed by atoms with Gasteiger partial charge in [-0.2, -0.15) is 0 Å². The Hall–Kier alpha value is -3.32. The van der Waals surface area contributed by atoms with Gasteiger partial charge in [0.05, 0.1) is 16.4 Å². The maximum absolute atomic E-state index is 6.26. The molecule has 3 rings (SSSR count). The van der Waals surface area contributed by atoms with Crippen molar-refractivity contribution in [2.75, 3.05) is 5.32 Å². The largest absolute Gasteiger partial charge is 0.354 e. The maximum Gasteiger partial charge on any atom is 0.0682 e. The van der Waals surface area contributed by atoms with Gasteiger partial charge < -0.3 is 5.32 Å². The molecule has 3 aromatic carbocycles. The van der Waals surface area contributed by atoms with Gasteiger partial charge in [-0.3, -0.25) is 4.99 Å². The quantitative estimate of drug-likeness (QED) is 0.254. The molecule has 29 heavy (non-hydrogen) atoms. The number of hydrogen-bond donors (Lipinski definition) is 1. The summed E-state index contributed by atoms with van der Waals surface area (Å²) < 4.78 is 0. The third-order valence-corrected chi connectivity index (χ3v) is 4.72. The average molecular weight is 399 g/mol. The molecule has 0 fully saturated rings. The second kappa shape index (κ2) is 9.75. The van der Waals surface area contributed by atoms with Crippen LogP contribution in [-0.2, 0) is 0 Å². The van der Waals surface area contributed by atoms with E-state index in [-0.39, 0.29) is 0 Å². The van der Waals surface area contributed by atoms with Crippen molar-refractivity contribution < 1.29 is 0 Å². The van der Waals surface area contributed by atoms with Gasteiger partial charge in [0.15, 0.2) is 0 Å². The molecule has 0 spiro atoms. The van der Waals surface area contributed by atoms with E-state index < -0.39 is 0 Å². The van der Waals surface area contributed by atoms with E-state index in [9.17, 15) is 0 Å². The molecule has 0 amide bonds. The Kier molecular flexibility index (Phi) is 6.86. The minimum Gasteiger partial charge on any atom is -0.354 e. The van der Waals surface area contributed by atoms with E-state index >= 15 is 0 Å². The smallest absolute Gasteiger partial charge is 0.0682 e. The number of aliphatic imine (C=N–C) groups is 1. The summed E-state index contributed by atoms with van der Waals surface area (Å²) in [5, 5.41) is 4.04. The SMILES string of the molecule is C=C=C/C(=C\C(C)=N\c1cc(Nc2ccccc2Cl)ccc1C)c1ccccc1. The lowest BCUT2D eigenvalue weighted by Gasteiger charge is -2.10. The lowest BCUT2D eigenvalue weighted by Crippen LogP contribution is -1.92. The zero-order valence-electron chi connectivity index (χ0n) is 16.6. The molecule has 1 N–H and O–H groups in total. The number of nitrogens with zero attached hydrogens (tertiary/aromatic N) is 1. The molecule has 3 heteroatoms. The maximum atomic E-state index is 6.26. The van der Waals surface area contributed by atoms with Crippen LogP contribution in [0.3, 0.4) is 0 Å². The number of benzene rings is 3. The first-order valence-corrected chi connectivity index (χ1v) is 9.75. The molecule has 0 aliphatic carbocycles. The highest BCUT2D eigenvalue weighted by Gasteiger charge is 2.04. The fraction of sp³-hybridized carbons (Fsp3) is 0.0769. The molecular formula is C26H23ClN2. The lowest BCUT2D eigenvalue weighted by molar-refractivity contribution is 1.38. The van der Waals surface area contributed by atoms with Crippen LogP contribution in [0.1, 0.15) is 18.1 Å². The van der Waals surface area contributed by atoms with E-state index in [0.29, 0.717) is 5.02 Å². The van der Waals surface area contributed by atoms with Crippen LogP contribution in [0.4, 0.5) is 17.1 Å². The predicted molar refractivity (Wildman–Crippen MR) is 127 cm³/mol. The van der Waals surface area contributed by atoms with Gasteiger partial charge >= 0.3 is 0 Å². The average Bonchev–Trinajstić information content (AvgIpc) is 2.72. The van der Waals surface area contributed by atoms with Crippen LogP contribution in [0, 0.1) is 6.92 Å². The highest BCUT2D eigenvalue weighted by molar-refractivity contribution is 6.33. The fourth-order valence-corrected chi connectivity index (χ4v) is 3.10. The summed E-state index contributed by atoms with van der Waals surface area (Å²) in [6.45, 7) is 7.76. The van der Waals surface area contributed by atoms with Gasteiger partial charge in [0, 0.05) is 11.4 Å². The van der Waals surface area contributed by atoms with Crippen molar-refractivity contribution in [3.63, 3.8) is 0 Å². The fourth-order valence-electron chi connectivity index (χ4n) is 2.92. The normalized spacial score (nSPS) is 11.7. The zero-order valence-corrected chi connectivity index (χ0v) is 17.4. The molecule has 0 atom stereocenters. The van der Waals surface area contributed by atoms with Gasteiger partial charge in [-0.1, -0.05) is 66.7 Å². The summed E-state index contributed by atoms with van der Waals surface area (Å²) in [7, 11) is 0. The minimum atomic E-state index is 0.681. The summed E-state index contributed by atoms with van der Waals surface area (Å²) in [5.74, 6) is 0. The van der Waals surface area contributed by atoms with Gasteiger partial charge in [0.2, 0.25) is 0 Å². The number of allylic oxidation sites excluding steroid dienone is 3. The topological polar surface area (TPSA) is 24.4 Å². The number of para-hydroxylation sites is 1. The summed E-state index contributed by atoms with van der Waals surface area (Å²) in [4.78, 5) is 4.83. The van der Waals surface area contributed by atoms with Crippen LogP contribution in [0.15, 0.2) is 102 Å². The van der Waals surface area contributed by atoms with Crippen molar-refractivity contribution in [1.82, 2.24) is 0 Å². The molecule has 0 saturated carbocycles. The van der Waals surface area contributed by atoms with E-state index in [4.69, 9.17) is 16.6 Å². The van der Waals surface area contributed by atoms with Gasteiger partial charge in [-0.25, -0.2) is 0 Å². The highest BCUT2D eigenvalue weighted by atomic mass is 35.5. The molecule has 0 aliphatic heterocycles. The molecule has 0 aromatic heterocycles. The summed E-state index contributed by atoms with van der Waals surface area (Å²) in [5.41, 5.74) is 9.70. The third-order valence-electron chi connectivity index (χ3n) is 4.39. The molecule has 0 unspecified atom stereocenters. The monoisotopic (exact) mass is 398 g/mol. The van der Waals surface area contributed by atoms with E-state index in [1.807, 2.05) is 73.7 Å². The summed E-state index contributed by atoms with van der Waals surface area (Å²) >= 11 is 6.26. The van der Waals surface area contributed by atoms with Crippen molar-refractivity contribution in [1.29, 1.82) is 0 Å². The highest BCUT2D eigenvalue weighted by Crippen LogP contribution is 2.29. The number of rotatable bonds is 6. The van der Waals surface area contributed by atoms with E-state index in [2.05, 4.69) is 42.7 Å². The van der Waals surface area contributed by atoms with Crippen molar-refractivity contribution in [2.24, 2.45) is 4.99 Å². The Bertz CT molecular complexity index is 1100. The molecule has 3 aromatic rings. The Morgan fingerprint density at radius 2 is 1.76 bits per heavy atom. The second-order valence-corrected chi connectivity index (χ2v) is 7.08. The molecule has 144 valence electrons. The van der Waals surface area contributed by atoms with Crippen LogP contribution < -0.4 is 5.32 Å². The number of hydrogen-bond acceptors (Lipinski definition) is 2. The van der Waals surface area contributed by atoms with Gasteiger partial charge in [-0.05, 0) is 67.0 Å². The summed E-state index contributed by atoms with van der Waals surface area (Å²) in [6, 6.07) is 23.9. The predicted octanol–water partition coefficient (Wildman–Crippen LogP) is 7.91. The first-order chi connectivity index (χ1) is 14.1. The first kappa shape index (κ1) is 20.4. The Balaban J connectivity index is 1.92. The Labute approximate surface area is 177 Å². The molecular weight excluding hydrogens is 376 g/mol. The molecule has 0 heterocycles. The third kappa shape index (κ3) is 5.58. The zero-order chi connectivity index (χ0) is 20.6.